The van der Waals surface area contributed by atoms with Crippen LogP contribution in [0, 0.1) is 0 Å². The fourth-order valence-corrected chi connectivity index (χ4v) is 3.39. The van der Waals surface area contributed by atoms with Crippen LogP contribution in [0.2, 0.25) is 0 Å². The highest BCUT2D eigenvalue weighted by Gasteiger charge is 2.22. The lowest BCUT2D eigenvalue weighted by Crippen LogP contribution is -2.22. The summed E-state index contributed by atoms with van der Waals surface area (Å²) in [4.78, 5) is 15.8. The molecule has 0 saturated heterocycles. The first-order valence-electron chi connectivity index (χ1n) is 9.26. The Bertz CT molecular complexity index is 1030. The standard InChI is InChI=1S/C22H21NO5/c1-3-26-19-10-14-8-13(2)27-20(14)11-15(19)9-16(12-21(24)25)22-23-17-6-4-5-7-18(17)28-22/h4-7,9-11,13H,3,8,12H2,1-2H3,(H,24,25)/p-1/b16-9+/t13-/m0/s1. The Labute approximate surface area is 162 Å². The molecular weight excluding hydrogens is 358 g/mol. The first-order valence-corrected chi connectivity index (χ1v) is 9.26. The topological polar surface area (TPSA) is 84.6 Å². The second-order valence-electron chi connectivity index (χ2n) is 6.77. The van der Waals surface area contributed by atoms with Crippen molar-refractivity contribution in [1.29, 1.82) is 0 Å². The highest BCUT2D eigenvalue weighted by Crippen LogP contribution is 2.37. The largest absolute Gasteiger partial charge is 0.550 e. The lowest BCUT2D eigenvalue weighted by molar-refractivity contribution is -0.304. The Morgan fingerprint density at radius 3 is 2.93 bits per heavy atom. The van der Waals surface area contributed by atoms with E-state index in [0.29, 0.717) is 34.6 Å². The molecule has 2 aromatic carbocycles. The Hall–Kier alpha value is -3.28. The van der Waals surface area contributed by atoms with E-state index in [1.807, 2.05) is 44.2 Å². The van der Waals surface area contributed by atoms with Crippen LogP contribution in [0.1, 0.15) is 37.3 Å². The number of ether oxygens (including phenoxy) is 2. The number of aliphatic carboxylic acids is 1. The molecule has 0 spiro atoms. The summed E-state index contributed by atoms with van der Waals surface area (Å²) in [6.45, 7) is 4.41. The predicted molar refractivity (Wildman–Crippen MR) is 103 cm³/mol. The van der Waals surface area contributed by atoms with Gasteiger partial charge in [0.15, 0.2) is 5.58 Å². The average molecular weight is 378 g/mol. The molecule has 1 atom stereocenters. The van der Waals surface area contributed by atoms with E-state index in [2.05, 4.69) is 4.98 Å². The van der Waals surface area contributed by atoms with Crippen molar-refractivity contribution >= 4 is 28.7 Å². The zero-order valence-electron chi connectivity index (χ0n) is 15.7. The maximum atomic E-state index is 11.4. The minimum Gasteiger partial charge on any atom is -0.550 e. The van der Waals surface area contributed by atoms with Gasteiger partial charge in [0.2, 0.25) is 5.89 Å². The number of carbonyl (C=O) groups is 1. The predicted octanol–water partition coefficient (Wildman–Crippen LogP) is 3.23. The van der Waals surface area contributed by atoms with Crippen LogP contribution in [0.25, 0.3) is 22.7 Å². The van der Waals surface area contributed by atoms with Crippen LogP contribution in [-0.4, -0.2) is 23.7 Å². The number of hydrogen-bond donors (Lipinski definition) is 0. The summed E-state index contributed by atoms with van der Waals surface area (Å²) >= 11 is 0. The van der Waals surface area contributed by atoms with Gasteiger partial charge in [0.25, 0.3) is 0 Å². The summed E-state index contributed by atoms with van der Waals surface area (Å²) in [5, 5.41) is 11.4. The molecule has 1 aliphatic rings. The molecule has 0 bridgehead atoms. The highest BCUT2D eigenvalue weighted by atomic mass is 16.5. The number of nitrogens with zero attached hydrogens (tertiary/aromatic N) is 1. The van der Waals surface area contributed by atoms with Crippen molar-refractivity contribution in [2.24, 2.45) is 0 Å². The third-order valence-electron chi connectivity index (χ3n) is 4.56. The summed E-state index contributed by atoms with van der Waals surface area (Å²) in [7, 11) is 0. The van der Waals surface area contributed by atoms with Gasteiger partial charge >= 0.3 is 0 Å². The van der Waals surface area contributed by atoms with Crippen LogP contribution in [0.3, 0.4) is 0 Å². The quantitative estimate of drug-likeness (QED) is 0.655. The summed E-state index contributed by atoms with van der Waals surface area (Å²) in [6, 6.07) is 11.1. The summed E-state index contributed by atoms with van der Waals surface area (Å²) in [5.41, 5.74) is 3.46. The van der Waals surface area contributed by atoms with E-state index in [1.165, 1.54) is 0 Å². The van der Waals surface area contributed by atoms with E-state index in [9.17, 15) is 9.90 Å². The fraction of sp³-hybridized carbons (Fsp3) is 0.273. The molecule has 144 valence electrons. The Balaban J connectivity index is 1.82. The van der Waals surface area contributed by atoms with Gasteiger partial charge in [-0.3, -0.25) is 0 Å². The van der Waals surface area contributed by atoms with Crippen LogP contribution < -0.4 is 14.6 Å². The van der Waals surface area contributed by atoms with Crippen molar-refractivity contribution in [2.45, 2.75) is 32.8 Å². The summed E-state index contributed by atoms with van der Waals surface area (Å²) < 4.78 is 17.4. The average Bonchev–Trinajstić information content (AvgIpc) is 3.23. The first-order chi connectivity index (χ1) is 13.5. The van der Waals surface area contributed by atoms with E-state index >= 15 is 0 Å². The van der Waals surface area contributed by atoms with E-state index in [-0.39, 0.29) is 18.4 Å². The number of para-hydroxylation sites is 2. The van der Waals surface area contributed by atoms with E-state index < -0.39 is 5.97 Å². The summed E-state index contributed by atoms with van der Waals surface area (Å²) in [5.74, 6) is 0.499. The minimum absolute atomic E-state index is 0.100. The molecule has 3 aromatic rings. The van der Waals surface area contributed by atoms with Crippen molar-refractivity contribution in [2.75, 3.05) is 6.61 Å². The second-order valence-corrected chi connectivity index (χ2v) is 6.77. The molecule has 4 rings (SSSR count). The zero-order valence-corrected chi connectivity index (χ0v) is 15.7. The maximum Gasteiger partial charge on any atom is 0.223 e. The van der Waals surface area contributed by atoms with Gasteiger partial charge in [0.1, 0.15) is 23.1 Å². The molecule has 2 heterocycles. The van der Waals surface area contributed by atoms with Gasteiger partial charge in [0.05, 0.1) is 6.61 Å². The third kappa shape index (κ3) is 3.58. The highest BCUT2D eigenvalue weighted by molar-refractivity contribution is 5.91. The number of fused-ring (bicyclic) bond motifs is 2. The number of carbonyl (C=O) groups excluding carboxylic acids is 1. The monoisotopic (exact) mass is 378 g/mol. The molecule has 0 N–H and O–H groups in total. The van der Waals surface area contributed by atoms with Crippen molar-refractivity contribution in [3.63, 3.8) is 0 Å². The van der Waals surface area contributed by atoms with Gasteiger partial charge in [0, 0.05) is 35.5 Å². The van der Waals surface area contributed by atoms with Gasteiger partial charge in [-0.15, -0.1) is 0 Å². The number of carboxylic acids is 1. The molecule has 0 amide bonds. The Morgan fingerprint density at radius 2 is 2.18 bits per heavy atom. The van der Waals surface area contributed by atoms with E-state index in [4.69, 9.17) is 13.9 Å². The van der Waals surface area contributed by atoms with Gasteiger partial charge in [-0.05, 0) is 44.2 Å². The second kappa shape index (κ2) is 7.38. The lowest BCUT2D eigenvalue weighted by atomic mass is 10.0. The Kier molecular flexibility index (Phi) is 4.77. The van der Waals surface area contributed by atoms with E-state index in [0.717, 1.165) is 17.7 Å². The normalized spacial score (nSPS) is 16.1. The molecule has 6 nitrogen and oxygen atoms in total. The molecule has 28 heavy (non-hydrogen) atoms. The summed E-state index contributed by atoms with van der Waals surface area (Å²) in [6.07, 6.45) is 2.31. The number of rotatable bonds is 6. The lowest BCUT2D eigenvalue weighted by Gasteiger charge is -2.12. The molecule has 1 aliphatic heterocycles. The SMILES string of the molecule is CCOc1cc2c(cc1/C=C(\CC(=O)[O-])c1nc3ccccc3o1)O[C@@H](C)C2. The first kappa shape index (κ1) is 18.1. The number of aromatic nitrogens is 1. The number of benzene rings is 2. The molecule has 0 unspecified atom stereocenters. The zero-order chi connectivity index (χ0) is 19.7. The van der Waals surface area contributed by atoms with Crippen molar-refractivity contribution in [3.05, 3.63) is 53.4 Å². The van der Waals surface area contributed by atoms with Crippen LogP contribution >= 0.6 is 0 Å². The van der Waals surface area contributed by atoms with Crippen molar-refractivity contribution in [1.82, 2.24) is 4.98 Å². The molecule has 0 fully saturated rings. The van der Waals surface area contributed by atoms with Gasteiger partial charge in [-0.1, -0.05) is 12.1 Å². The molecule has 0 aliphatic carbocycles. The third-order valence-corrected chi connectivity index (χ3v) is 4.56. The van der Waals surface area contributed by atoms with Gasteiger partial charge in [-0.2, -0.15) is 0 Å². The number of hydrogen-bond acceptors (Lipinski definition) is 6. The molecule has 0 radical (unpaired) electrons. The van der Waals surface area contributed by atoms with Crippen LogP contribution in [0.4, 0.5) is 0 Å². The van der Waals surface area contributed by atoms with E-state index in [1.54, 1.807) is 12.1 Å². The fourth-order valence-electron chi connectivity index (χ4n) is 3.39. The number of oxazole rings is 1. The van der Waals surface area contributed by atoms with Crippen LogP contribution in [0.15, 0.2) is 40.8 Å². The smallest absolute Gasteiger partial charge is 0.223 e. The van der Waals surface area contributed by atoms with Crippen molar-refractivity contribution < 1.29 is 23.8 Å². The molecule has 1 aromatic heterocycles. The van der Waals surface area contributed by atoms with Crippen LogP contribution in [-0.2, 0) is 11.2 Å². The minimum atomic E-state index is -1.21. The maximum absolute atomic E-state index is 11.4. The van der Waals surface area contributed by atoms with Gasteiger partial charge in [-0.25, -0.2) is 4.98 Å². The molecule has 0 saturated carbocycles. The van der Waals surface area contributed by atoms with Crippen LogP contribution in [0.5, 0.6) is 11.5 Å². The Morgan fingerprint density at radius 1 is 1.36 bits per heavy atom. The van der Waals surface area contributed by atoms with Gasteiger partial charge < -0.3 is 23.8 Å². The van der Waals surface area contributed by atoms with Crippen molar-refractivity contribution in [3.8, 4) is 11.5 Å². The molecule has 6 heteroatoms. The molecular formula is C22H20NO5-. The number of carboxylic acid groups (broad SMARTS) is 1.